The summed E-state index contributed by atoms with van der Waals surface area (Å²) < 4.78 is 5.79. The highest BCUT2D eigenvalue weighted by Crippen LogP contribution is 2.33. The molecule has 0 N–H and O–H groups in total. The lowest BCUT2D eigenvalue weighted by Crippen LogP contribution is -1.97. The van der Waals surface area contributed by atoms with Gasteiger partial charge in [0.25, 0.3) is 0 Å². The first-order chi connectivity index (χ1) is 7.20. The number of thioether (sulfide) groups is 1. The minimum atomic E-state index is 0.490. The zero-order valence-electron chi connectivity index (χ0n) is 9.62. The fraction of sp³-hybridized carbons (Fsp3) is 0.538. The van der Waals surface area contributed by atoms with Crippen molar-refractivity contribution in [1.82, 2.24) is 0 Å². The third-order valence-corrected chi connectivity index (χ3v) is 3.45. The van der Waals surface area contributed by atoms with E-state index in [9.17, 15) is 0 Å². The van der Waals surface area contributed by atoms with Crippen LogP contribution >= 0.6 is 11.8 Å². The molecule has 0 amide bonds. The lowest BCUT2D eigenvalue weighted by atomic mass is 10.0. The summed E-state index contributed by atoms with van der Waals surface area (Å²) >= 11 is 1.81. The molecule has 82 valence electrons. The van der Waals surface area contributed by atoms with Gasteiger partial charge in [0.2, 0.25) is 0 Å². The van der Waals surface area contributed by atoms with Crippen molar-refractivity contribution in [2.45, 2.75) is 43.6 Å². The lowest BCUT2D eigenvalue weighted by molar-refractivity contribution is 0.302. The Labute approximate surface area is 96.2 Å². The van der Waals surface area contributed by atoms with E-state index in [1.165, 1.54) is 23.3 Å². The van der Waals surface area contributed by atoms with Crippen molar-refractivity contribution in [1.29, 1.82) is 0 Å². The maximum absolute atomic E-state index is 5.79. The monoisotopic (exact) mass is 222 g/mol. The number of rotatable bonds is 4. The largest absolute Gasteiger partial charge is 0.490 e. The topological polar surface area (TPSA) is 9.23 Å². The van der Waals surface area contributed by atoms with Crippen LogP contribution in [0.3, 0.4) is 0 Å². The van der Waals surface area contributed by atoms with Crippen LogP contribution in [-0.4, -0.2) is 12.4 Å². The summed E-state index contributed by atoms with van der Waals surface area (Å²) in [6.45, 7) is 4.47. The van der Waals surface area contributed by atoms with E-state index in [1.807, 2.05) is 0 Å². The number of hydrogen-bond donors (Lipinski definition) is 0. The van der Waals surface area contributed by atoms with Crippen molar-refractivity contribution >= 4 is 11.8 Å². The third kappa shape index (κ3) is 2.69. The van der Waals surface area contributed by atoms with Gasteiger partial charge < -0.3 is 4.74 Å². The predicted octanol–water partition coefficient (Wildman–Crippen LogP) is 4.07. The standard InChI is InChI=1S/C13H18OS/c1-9(2)12-7-6-11(8-13(12)15-3)14-10-4-5-10/h6-10H,4-5H2,1-3H3. The summed E-state index contributed by atoms with van der Waals surface area (Å²) in [6.07, 6.45) is 5.06. The van der Waals surface area contributed by atoms with Crippen molar-refractivity contribution in [2.24, 2.45) is 0 Å². The maximum atomic E-state index is 5.79. The van der Waals surface area contributed by atoms with Crippen LogP contribution in [0, 0.1) is 0 Å². The lowest BCUT2D eigenvalue weighted by Gasteiger charge is -2.13. The van der Waals surface area contributed by atoms with Gasteiger partial charge in [0.05, 0.1) is 6.10 Å². The van der Waals surface area contributed by atoms with Crippen LogP contribution in [0.2, 0.25) is 0 Å². The van der Waals surface area contributed by atoms with E-state index >= 15 is 0 Å². The van der Waals surface area contributed by atoms with Gasteiger partial charge in [0, 0.05) is 4.90 Å². The highest BCUT2D eigenvalue weighted by atomic mass is 32.2. The molecule has 1 fully saturated rings. The Hall–Kier alpha value is -0.630. The molecule has 0 spiro atoms. The van der Waals surface area contributed by atoms with Crippen molar-refractivity contribution in [3.05, 3.63) is 23.8 Å². The maximum Gasteiger partial charge on any atom is 0.120 e. The number of ether oxygens (including phenoxy) is 1. The van der Waals surface area contributed by atoms with Crippen LogP contribution in [-0.2, 0) is 0 Å². The molecule has 0 saturated heterocycles. The van der Waals surface area contributed by atoms with E-state index in [0.717, 1.165) is 5.75 Å². The molecule has 1 aliphatic carbocycles. The number of hydrogen-bond acceptors (Lipinski definition) is 2. The average molecular weight is 222 g/mol. The molecule has 0 aromatic heterocycles. The molecule has 1 aromatic carbocycles. The molecular formula is C13H18OS. The molecule has 0 atom stereocenters. The van der Waals surface area contributed by atoms with Crippen LogP contribution in [0.1, 0.15) is 38.2 Å². The zero-order chi connectivity index (χ0) is 10.8. The molecule has 2 heteroatoms. The second kappa shape index (κ2) is 4.48. The summed E-state index contributed by atoms with van der Waals surface area (Å²) in [7, 11) is 0. The Balaban J connectivity index is 2.20. The van der Waals surface area contributed by atoms with Crippen LogP contribution in [0.25, 0.3) is 0 Å². The fourth-order valence-electron chi connectivity index (χ4n) is 1.62. The Morgan fingerprint density at radius 3 is 2.60 bits per heavy atom. The average Bonchev–Trinajstić information content (AvgIpc) is 3.01. The molecule has 15 heavy (non-hydrogen) atoms. The van der Waals surface area contributed by atoms with Gasteiger partial charge in [-0.15, -0.1) is 11.8 Å². The molecule has 1 nitrogen and oxygen atoms in total. The smallest absolute Gasteiger partial charge is 0.120 e. The van der Waals surface area contributed by atoms with E-state index in [-0.39, 0.29) is 0 Å². The van der Waals surface area contributed by atoms with Gasteiger partial charge in [-0.25, -0.2) is 0 Å². The highest BCUT2D eigenvalue weighted by molar-refractivity contribution is 7.98. The molecule has 1 saturated carbocycles. The van der Waals surface area contributed by atoms with Crippen LogP contribution in [0.5, 0.6) is 5.75 Å². The minimum Gasteiger partial charge on any atom is -0.490 e. The quantitative estimate of drug-likeness (QED) is 0.710. The molecule has 0 bridgehead atoms. The van der Waals surface area contributed by atoms with Gasteiger partial charge in [-0.1, -0.05) is 19.9 Å². The Kier molecular flexibility index (Phi) is 3.25. The van der Waals surface area contributed by atoms with Gasteiger partial charge in [0.15, 0.2) is 0 Å². The molecule has 1 aromatic rings. The molecule has 0 aliphatic heterocycles. The van der Waals surface area contributed by atoms with Gasteiger partial charge in [-0.2, -0.15) is 0 Å². The van der Waals surface area contributed by atoms with Crippen LogP contribution in [0.4, 0.5) is 0 Å². The van der Waals surface area contributed by atoms with E-state index in [1.54, 1.807) is 11.8 Å². The predicted molar refractivity (Wildman–Crippen MR) is 66.0 cm³/mol. The van der Waals surface area contributed by atoms with Gasteiger partial charge in [0.1, 0.15) is 5.75 Å². The molecule has 0 heterocycles. The Bertz CT molecular complexity index is 342. The molecule has 1 aliphatic rings. The SMILES string of the molecule is CSc1cc(OC2CC2)ccc1C(C)C. The summed E-state index contributed by atoms with van der Waals surface area (Å²) in [4.78, 5) is 1.35. The van der Waals surface area contributed by atoms with Crippen molar-refractivity contribution in [2.75, 3.05) is 6.26 Å². The van der Waals surface area contributed by atoms with E-state index in [2.05, 4.69) is 38.3 Å². The van der Waals surface area contributed by atoms with E-state index < -0.39 is 0 Å². The molecular weight excluding hydrogens is 204 g/mol. The second-order valence-corrected chi connectivity index (χ2v) is 5.22. The first kappa shape index (κ1) is 10.9. The van der Waals surface area contributed by atoms with Crippen LogP contribution in [0.15, 0.2) is 23.1 Å². The zero-order valence-corrected chi connectivity index (χ0v) is 10.4. The summed E-state index contributed by atoms with van der Waals surface area (Å²) in [5, 5.41) is 0. The van der Waals surface area contributed by atoms with E-state index in [4.69, 9.17) is 4.74 Å². The summed E-state index contributed by atoms with van der Waals surface area (Å²) in [6, 6.07) is 6.49. The first-order valence-electron chi connectivity index (χ1n) is 5.55. The fourth-order valence-corrected chi connectivity index (χ4v) is 2.39. The Morgan fingerprint density at radius 1 is 1.33 bits per heavy atom. The summed E-state index contributed by atoms with van der Waals surface area (Å²) in [5.74, 6) is 1.62. The van der Waals surface area contributed by atoms with Gasteiger partial charge >= 0.3 is 0 Å². The number of benzene rings is 1. The van der Waals surface area contributed by atoms with Crippen molar-refractivity contribution < 1.29 is 4.74 Å². The molecule has 0 unspecified atom stereocenters. The minimum absolute atomic E-state index is 0.490. The van der Waals surface area contributed by atoms with Crippen molar-refractivity contribution in [3.8, 4) is 5.75 Å². The van der Waals surface area contributed by atoms with E-state index in [0.29, 0.717) is 12.0 Å². The van der Waals surface area contributed by atoms with Crippen LogP contribution < -0.4 is 4.74 Å². The molecule has 0 radical (unpaired) electrons. The normalized spacial score (nSPS) is 15.7. The van der Waals surface area contributed by atoms with Gasteiger partial charge in [-0.3, -0.25) is 0 Å². The second-order valence-electron chi connectivity index (χ2n) is 4.38. The first-order valence-corrected chi connectivity index (χ1v) is 6.77. The third-order valence-electron chi connectivity index (χ3n) is 2.65. The summed E-state index contributed by atoms with van der Waals surface area (Å²) in [5.41, 5.74) is 1.42. The van der Waals surface area contributed by atoms with Crippen molar-refractivity contribution in [3.63, 3.8) is 0 Å². The molecule has 2 rings (SSSR count). The van der Waals surface area contributed by atoms with Gasteiger partial charge in [-0.05, 0) is 42.7 Å². The Morgan fingerprint density at radius 2 is 2.07 bits per heavy atom. The highest BCUT2D eigenvalue weighted by Gasteiger charge is 2.23.